The van der Waals surface area contributed by atoms with Crippen molar-refractivity contribution >= 4 is 17.7 Å². The highest BCUT2D eigenvalue weighted by Gasteiger charge is 2.51. The van der Waals surface area contributed by atoms with E-state index in [0.29, 0.717) is 12.1 Å². The van der Waals surface area contributed by atoms with E-state index in [0.717, 1.165) is 18.9 Å². The summed E-state index contributed by atoms with van der Waals surface area (Å²) in [6.07, 6.45) is -2.69. The number of rotatable bonds is 6. The molecule has 1 aliphatic heterocycles. The molecule has 0 bridgehead atoms. The molecule has 204 valence electrons. The molecule has 2 fully saturated rings. The van der Waals surface area contributed by atoms with E-state index in [4.69, 9.17) is 0 Å². The molecule has 2 unspecified atom stereocenters. The van der Waals surface area contributed by atoms with E-state index >= 15 is 0 Å². The average Bonchev–Trinajstić information content (AvgIpc) is 3.54. The summed E-state index contributed by atoms with van der Waals surface area (Å²) in [6, 6.07) is 4.76. The number of carbonyl (C=O) groups excluding carboxylic acids is 3. The van der Waals surface area contributed by atoms with Crippen LogP contribution in [0.4, 0.5) is 22.0 Å². The van der Waals surface area contributed by atoms with Gasteiger partial charge in [-0.3, -0.25) is 14.4 Å². The van der Waals surface area contributed by atoms with Gasteiger partial charge in [-0.2, -0.15) is 13.2 Å². The summed E-state index contributed by atoms with van der Waals surface area (Å²) in [6.45, 7) is 5.42. The summed E-state index contributed by atoms with van der Waals surface area (Å²) in [5.41, 5.74) is -2.97. The Bertz CT molecular complexity index is 1270. The van der Waals surface area contributed by atoms with Crippen LogP contribution in [0.15, 0.2) is 36.4 Å². The van der Waals surface area contributed by atoms with Crippen LogP contribution in [0, 0.1) is 11.6 Å². The number of alkyl halides is 3. The predicted octanol–water partition coefficient (Wildman–Crippen LogP) is 5.14. The predicted molar refractivity (Wildman–Crippen MR) is 128 cm³/mol. The Morgan fingerprint density at radius 2 is 1.61 bits per heavy atom. The first-order valence-corrected chi connectivity index (χ1v) is 12.4. The largest absolute Gasteiger partial charge is 0.416 e. The lowest BCUT2D eigenvalue weighted by Crippen LogP contribution is -2.49. The lowest BCUT2D eigenvalue weighted by molar-refractivity contribution is -0.137. The molecule has 2 aliphatic rings. The second kappa shape index (κ2) is 9.99. The first kappa shape index (κ1) is 27.5. The summed E-state index contributed by atoms with van der Waals surface area (Å²) in [5, 5.41) is 5.01. The fourth-order valence-electron chi connectivity index (χ4n) is 4.88. The number of benzene rings is 2. The number of nitrogens with one attached hydrogen (secondary N) is 2. The zero-order valence-electron chi connectivity index (χ0n) is 21.1. The van der Waals surface area contributed by atoms with Crippen LogP contribution in [-0.4, -0.2) is 40.2 Å². The van der Waals surface area contributed by atoms with Gasteiger partial charge in [0, 0.05) is 28.8 Å². The van der Waals surface area contributed by atoms with Crippen molar-refractivity contribution in [2.24, 2.45) is 0 Å². The van der Waals surface area contributed by atoms with Gasteiger partial charge in [0.15, 0.2) is 0 Å². The number of halogens is 5. The first-order chi connectivity index (χ1) is 17.7. The van der Waals surface area contributed by atoms with Crippen molar-refractivity contribution in [1.82, 2.24) is 15.5 Å². The van der Waals surface area contributed by atoms with Gasteiger partial charge in [-0.25, -0.2) is 8.78 Å². The summed E-state index contributed by atoms with van der Waals surface area (Å²) >= 11 is 0. The molecule has 11 heteroatoms. The molecule has 1 saturated carbocycles. The summed E-state index contributed by atoms with van der Waals surface area (Å²) in [4.78, 5) is 40.2. The van der Waals surface area contributed by atoms with Crippen molar-refractivity contribution in [3.05, 3.63) is 70.3 Å². The Morgan fingerprint density at radius 3 is 2.16 bits per heavy atom. The molecule has 6 nitrogen and oxygen atoms in total. The Labute approximate surface area is 216 Å². The van der Waals surface area contributed by atoms with Crippen molar-refractivity contribution in [3.8, 4) is 0 Å². The Hall–Kier alpha value is -3.50. The standard InChI is InChI=1S/C27H28F5N3O3/c1-14-4-5-15(2)35(14)24(37)17-6-7-21(22(29)12-17)16(3)33-25(38)26(8-9-26)34-23(36)18-10-19(27(30,31)32)13-20(28)11-18/h6-7,10-16H,4-5,8-9H2,1-3H3,(H,33,38)(H,34,36)/t14?,15?,16-/m0/s1. The van der Waals surface area contributed by atoms with E-state index < -0.39 is 52.3 Å². The van der Waals surface area contributed by atoms with Crippen molar-refractivity contribution < 1.29 is 36.3 Å². The zero-order valence-corrected chi connectivity index (χ0v) is 21.1. The molecule has 1 saturated heterocycles. The van der Waals surface area contributed by atoms with Gasteiger partial charge in [0.25, 0.3) is 11.8 Å². The minimum absolute atomic E-state index is 0.0517. The van der Waals surface area contributed by atoms with E-state index in [-0.39, 0.29) is 48.0 Å². The number of likely N-dealkylation sites (tertiary alicyclic amines) is 1. The SMILES string of the molecule is CC1CCC(C)N1C(=O)c1ccc([C@H](C)NC(=O)C2(NC(=O)c3cc(F)cc(C(F)(F)F)c3)CC2)c(F)c1. The molecule has 3 atom stereocenters. The van der Waals surface area contributed by atoms with Gasteiger partial charge in [0.2, 0.25) is 5.91 Å². The fourth-order valence-corrected chi connectivity index (χ4v) is 4.88. The molecule has 1 heterocycles. The second-order valence-electron chi connectivity index (χ2n) is 10.2. The van der Waals surface area contributed by atoms with Crippen molar-refractivity contribution in [2.45, 2.75) is 76.3 Å². The molecule has 38 heavy (non-hydrogen) atoms. The number of amides is 3. The van der Waals surface area contributed by atoms with Gasteiger partial charge in [0.05, 0.1) is 11.6 Å². The van der Waals surface area contributed by atoms with Crippen LogP contribution >= 0.6 is 0 Å². The highest BCUT2D eigenvalue weighted by atomic mass is 19.4. The molecule has 0 aromatic heterocycles. The molecule has 2 N–H and O–H groups in total. The number of hydrogen-bond acceptors (Lipinski definition) is 3. The van der Waals surface area contributed by atoms with Gasteiger partial charge < -0.3 is 15.5 Å². The smallest absolute Gasteiger partial charge is 0.347 e. The van der Waals surface area contributed by atoms with Crippen LogP contribution in [-0.2, 0) is 11.0 Å². The van der Waals surface area contributed by atoms with Gasteiger partial charge in [0.1, 0.15) is 17.2 Å². The van der Waals surface area contributed by atoms with Gasteiger partial charge in [-0.1, -0.05) is 6.07 Å². The maximum Gasteiger partial charge on any atom is 0.416 e. The van der Waals surface area contributed by atoms with Gasteiger partial charge >= 0.3 is 6.18 Å². The summed E-state index contributed by atoms with van der Waals surface area (Å²) in [5.74, 6) is -3.87. The maximum absolute atomic E-state index is 15.0. The molecule has 2 aromatic rings. The minimum atomic E-state index is -4.85. The van der Waals surface area contributed by atoms with Crippen molar-refractivity contribution in [3.63, 3.8) is 0 Å². The monoisotopic (exact) mass is 537 g/mol. The number of hydrogen-bond donors (Lipinski definition) is 2. The number of carbonyl (C=O) groups is 3. The Kier molecular flexibility index (Phi) is 7.24. The van der Waals surface area contributed by atoms with Crippen LogP contribution in [0.5, 0.6) is 0 Å². The third-order valence-corrected chi connectivity index (χ3v) is 7.27. The second-order valence-corrected chi connectivity index (χ2v) is 10.2. The Balaban J connectivity index is 1.44. The third-order valence-electron chi connectivity index (χ3n) is 7.27. The van der Waals surface area contributed by atoms with Crippen molar-refractivity contribution in [2.75, 3.05) is 0 Å². The molecule has 1 aliphatic carbocycles. The molecular weight excluding hydrogens is 509 g/mol. The average molecular weight is 538 g/mol. The lowest BCUT2D eigenvalue weighted by Gasteiger charge is -2.27. The van der Waals surface area contributed by atoms with E-state index in [1.165, 1.54) is 19.1 Å². The minimum Gasteiger partial charge on any atom is -0.347 e. The molecule has 0 radical (unpaired) electrons. The topological polar surface area (TPSA) is 78.5 Å². The first-order valence-electron chi connectivity index (χ1n) is 12.4. The molecule has 3 amide bonds. The molecule has 4 rings (SSSR count). The summed E-state index contributed by atoms with van der Waals surface area (Å²) in [7, 11) is 0. The maximum atomic E-state index is 15.0. The van der Waals surface area contributed by atoms with E-state index in [9.17, 15) is 36.3 Å². The van der Waals surface area contributed by atoms with Crippen LogP contribution in [0.3, 0.4) is 0 Å². The highest BCUT2D eigenvalue weighted by Crippen LogP contribution is 2.37. The van der Waals surface area contributed by atoms with Crippen LogP contribution in [0.1, 0.15) is 84.3 Å². The van der Waals surface area contributed by atoms with Crippen LogP contribution in [0.2, 0.25) is 0 Å². The van der Waals surface area contributed by atoms with E-state index in [1.54, 1.807) is 4.90 Å². The zero-order chi connectivity index (χ0) is 28.0. The molecular formula is C27H28F5N3O3. The third kappa shape index (κ3) is 5.51. The summed E-state index contributed by atoms with van der Waals surface area (Å²) < 4.78 is 67.7. The lowest BCUT2D eigenvalue weighted by atomic mass is 10.0. The quantitative estimate of drug-likeness (QED) is 0.502. The van der Waals surface area contributed by atoms with Gasteiger partial charge in [-0.15, -0.1) is 0 Å². The van der Waals surface area contributed by atoms with Crippen LogP contribution < -0.4 is 10.6 Å². The molecule has 2 aromatic carbocycles. The van der Waals surface area contributed by atoms with E-state index in [1.807, 2.05) is 13.8 Å². The number of nitrogens with zero attached hydrogens (tertiary/aromatic N) is 1. The van der Waals surface area contributed by atoms with Gasteiger partial charge in [-0.05, 0) is 76.8 Å². The molecule has 0 spiro atoms. The Morgan fingerprint density at radius 1 is 0.974 bits per heavy atom. The highest BCUT2D eigenvalue weighted by molar-refractivity contribution is 6.01. The van der Waals surface area contributed by atoms with E-state index in [2.05, 4.69) is 10.6 Å². The normalized spacial score (nSPS) is 21.1. The van der Waals surface area contributed by atoms with Crippen LogP contribution in [0.25, 0.3) is 0 Å². The van der Waals surface area contributed by atoms with Crippen molar-refractivity contribution in [1.29, 1.82) is 0 Å². The fraction of sp³-hybridized carbons (Fsp3) is 0.444.